The smallest absolute Gasteiger partial charge is 0.367 e. The predicted molar refractivity (Wildman–Crippen MR) is 279 cm³/mol. The summed E-state index contributed by atoms with van der Waals surface area (Å²) in [7, 11) is 0. The molecule has 0 saturated carbocycles. The molecule has 72 heavy (non-hydrogen) atoms. The number of thiophene rings is 2. The lowest BCUT2D eigenvalue weighted by molar-refractivity contribution is -0.183. The molecule has 0 spiro atoms. The van der Waals surface area contributed by atoms with Gasteiger partial charge >= 0.3 is 17.5 Å². The maximum Gasteiger partial charge on any atom is 0.367 e. The van der Waals surface area contributed by atoms with Crippen LogP contribution in [-0.2, 0) is 37.9 Å². The van der Waals surface area contributed by atoms with Crippen molar-refractivity contribution in [2.24, 2.45) is 0 Å². The van der Waals surface area contributed by atoms with Crippen LogP contribution >= 0.6 is 22.7 Å². The van der Waals surface area contributed by atoms with E-state index in [-0.39, 0.29) is 46.8 Å². The summed E-state index contributed by atoms with van der Waals surface area (Å²) >= 11 is 2.34. The van der Waals surface area contributed by atoms with Gasteiger partial charge in [0.1, 0.15) is 19.0 Å². The largest absolute Gasteiger partial charge is 0.458 e. The summed E-state index contributed by atoms with van der Waals surface area (Å²) < 4.78 is 18.6. The lowest BCUT2D eigenvalue weighted by atomic mass is 9.90. The summed E-state index contributed by atoms with van der Waals surface area (Å²) in [5.41, 5.74) is -0.133. The maximum absolute atomic E-state index is 14.9. The molecule has 0 bridgehead atoms. The fourth-order valence-electron chi connectivity index (χ4n) is 9.93. The first kappa shape index (κ1) is 43.1. The van der Waals surface area contributed by atoms with E-state index in [9.17, 15) is 28.8 Å². The van der Waals surface area contributed by atoms with E-state index < -0.39 is 40.7 Å². The lowest BCUT2D eigenvalue weighted by Gasteiger charge is -2.33. The average Bonchev–Trinajstić information content (AvgIpc) is 4.14. The van der Waals surface area contributed by atoms with Crippen molar-refractivity contribution in [2.45, 2.75) is 18.8 Å². The van der Waals surface area contributed by atoms with Crippen LogP contribution < -0.4 is 4.74 Å². The molecule has 0 atom stereocenters. The van der Waals surface area contributed by atoms with Crippen LogP contribution in [0, 0.1) is 0 Å². The second kappa shape index (κ2) is 16.6. The third-order valence-corrected chi connectivity index (χ3v) is 15.8. The molecule has 8 aromatic carbocycles. The summed E-state index contributed by atoms with van der Waals surface area (Å²) in [5, 5.41) is 7.29. The molecule has 9 nitrogen and oxygen atoms in total. The standard InChI is InChI=1S/C61H34O9S2/c62-53-45-23-39-19-35-15-7-8-16-36(35)20-40(39)24-46(45)54(63)49(53)27-43-29-51-57(71-43)58-52(70-61(51,59(66)68-31-33-11-3-1-4-12-33)60(67)69-32-34-13-5-2-6-14-34)30-44(72-58)28-50-55(64)47-25-41-21-37-17-9-10-18-38(37)22-42(41)26-48(47)56(50)65/h1-30H,31-32H2. The van der Waals surface area contributed by atoms with Gasteiger partial charge in [-0.2, -0.15) is 0 Å². The molecule has 1 aliphatic heterocycles. The Morgan fingerprint density at radius 1 is 0.431 bits per heavy atom. The number of allylic oxidation sites excluding steroid dienone is 2. The van der Waals surface area contributed by atoms with Gasteiger partial charge in [-0.1, -0.05) is 109 Å². The van der Waals surface area contributed by atoms with E-state index in [1.807, 2.05) is 84.9 Å². The van der Waals surface area contributed by atoms with Gasteiger partial charge in [0.05, 0.1) is 20.9 Å². The number of fused-ring (bicyclic) bond motifs is 9. The van der Waals surface area contributed by atoms with Gasteiger partial charge in [0, 0.05) is 37.6 Å². The van der Waals surface area contributed by atoms with Crippen molar-refractivity contribution in [3.05, 3.63) is 230 Å². The zero-order chi connectivity index (χ0) is 48.8. The van der Waals surface area contributed by atoms with Crippen LogP contribution in [-0.4, -0.2) is 35.1 Å². The van der Waals surface area contributed by atoms with Gasteiger partial charge in [0.2, 0.25) is 0 Å². The lowest BCUT2D eigenvalue weighted by Crippen LogP contribution is -2.52. The number of benzene rings is 8. The molecule has 0 fully saturated rings. The second-order valence-corrected chi connectivity index (χ2v) is 20.1. The Bertz CT molecular complexity index is 3930. The summed E-state index contributed by atoms with van der Waals surface area (Å²) in [6, 6.07) is 51.9. The Labute approximate surface area is 417 Å². The first-order valence-corrected chi connectivity index (χ1v) is 24.7. The van der Waals surface area contributed by atoms with Crippen molar-refractivity contribution in [3.8, 4) is 15.5 Å². The Balaban J connectivity index is 0.931. The first-order valence-electron chi connectivity index (χ1n) is 23.0. The quantitative estimate of drug-likeness (QED) is 0.0480. The van der Waals surface area contributed by atoms with E-state index in [1.165, 1.54) is 23.5 Å². The Morgan fingerprint density at radius 2 is 0.792 bits per heavy atom. The van der Waals surface area contributed by atoms with E-state index in [2.05, 4.69) is 0 Å². The molecule has 344 valence electrons. The van der Waals surface area contributed by atoms with Gasteiger partial charge in [-0.25, -0.2) is 9.59 Å². The number of hydrogen-bond donors (Lipinski definition) is 0. The minimum atomic E-state index is -2.55. The first-order chi connectivity index (χ1) is 35.1. The Morgan fingerprint density at radius 3 is 1.19 bits per heavy atom. The minimum Gasteiger partial charge on any atom is -0.458 e. The highest BCUT2D eigenvalue weighted by Crippen LogP contribution is 2.55. The summed E-state index contributed by atoms with van der Waals surface area (Å²) in [5.74, 6) is -3.80. The van der Waals surface area contributed by atoms with E-state index >= 15 is 0 Å². The maximum atomic E-state index is 14.9. The van der Waals surface area contributed by atoms with E-state index in [4.69, 9.17) is 14.2 Å². The summed E-state index contributed by atoms with van der Waals surface area (Å²) in [4.78, 5) is 88.4. The van der Waals surface area contributed by atoms with Crippen LogP contribution in [0.15, 0.2) is 181 Å². The van der Waals surface area contributed by atoms with E-state index in [1.54, 1.807) is 84.9 Å². The number of carbonyl (C=O) groups excluding carboxylic acids is 6. The van der Waals surface area contributed by atoms with Crippen molar-refractivity contribution in [3.63, 3.8) is 0 Å². The Hall–Kier alpha value is -8.90. The summed E-state index contributed by atoms with van der Waals surface area (Å²) in [6.45, 7) is -0.413. The van der Waals surface area contributed by atoms with Gasteiger partial charge in [-0.15, -0.1) is 22.7 Å². The highest BCUT2D eigenvalue weighted by Gasteiger charge is 2.59. The number of carbonyl (C=O) groups is 6. The SMILES string of the molecule is O=C1C(=Cc2cc3c(s2)-c2sc(C=C4C(=O)c5cc6cc7ccccc7cc6cc5C4=O)cc2C(C(=O)OCc2ccccc2)(C(=O)OCc2ccccc2)O3)C(=O)c2cc3cc4ccccc4cc3cc21. The fraction of sp³-hybridized carbons (Fsp3) is 0.0492. The monoisotopic (exact) mass is 974 g/mol. The zero-order valence-electron chi connectivity index (χ0n) is 37.7. The molecule has 0 amide bonds. The molecule has 0 N–H and O–H groups in total. The molecule has 3 aliphatic rings. The van der Waals surface area contributed by atoms with Gasteiger partial charge in [0.15, 0.2) is 23.1 Å². The molecular formula is C61H34O9S2. The average molecular weight is 975 g/mol. The third kappa shape index (κ3) is 6.96. The van der Waals surface area contributed by atoms with Crippen molar-refractivity contribution in [1.29, 1.82) is 0 Å². The molecule has 0 unspecified atom stereocenters. The number of ketones is 4. The zero-order valence-corrected chi connectivity index (χ0v) is 39.4. The molecule has 0 saturated heterocycles. The molecule has 3 heterocycles. The van der Waals surface area contributed by atoms with Crippen LogP contribution in [0.5, 0.6) is 5.75 Å². The summed E-state index contributed by atoms with van der Waals surface area (Å²) in [6.07, 6.45) is 3.00. The molecule has 11 heteroatoms. The number of esters is 2. The second-order valence-electron chi connectivity index (χ2n) is 18.0. The predicted octanol–water partition coefficient (Wildman–Crippen LogP) is 13.1. The third-order valence-electron chi connectivity index (χ3n) is 13.5. The molecule has 0 radical (unpaired) electrons. The molecular weight excluding hydrogens is 941 g/mol. The van der Waals surface area contributed by atoms with Crippen LogP contribution in [0.1, 0.15) is 67.9 Å². The van der Waals surface area contributed by atoms with Gasteiger partial charge in [-0.3, -0.25) is 19.2 Å². The van der Waals surface area contributed by atoms with Crippen LogP contribution in [0.4, 0.5) is 0 Å². The fourth-order valence-corrected chi connectivity index (χ4v) is 12.3. The highest BCUT2D eigenvalue weighted by molar-refractivity contribution is 7.23. The molecule has 13 rings (SSSR count). The minimum absolute atomic E-state index is 0.0466. The normalized spacial score (nSPS) is 14.3. The highest BCUT2D eigenvalue weighted by atomic mass is 32.1. The van der Waals surface area contributed by atoms with Crippen molar-refractivity contribution >= 4 is 113 Å². The number of ether oxygens (including phenoxy) is 3. The molecule has 10 aromatic rings. The van der Waals surface area contributed by atoms with E-state index in [0.717, 1.165) is 54.4 Å². The number of Topliss-reactive ketones (excluding diaryl/α,β-unsaturated/α-hetero) is 4. The van der Waals surface area contributed by atoms with Crippen LogP contribution in [0.2, 0.25) is 0 Å². The van der Waals surface area contributed by atoms with Crippen molar-refractivity contribution < 1.29 is 43.0 Å². The van der Waals surface area contributed by atoms with Crippen molar-refractivity contribution in [2.75, 3.05) is 0 Å². The van der Waals surface area contributed by atoms with Crippen LogP contribution in [0.25, 0.3) is 65.0 Å². The Kier molecular flexibility index (Phi) is 9.96. The van der Waals surface area contributed by atoms with Gasteiger partial charge in [0.25, 0.3) is 0 Å². The van der Waals surface area contributed by atoms with Gasteiger partial charge in [-0.05, 0) is 127 Å². The molecule has 2 aliphatic carbocycles. The van der Waals surface area contributed by atoms with Crippen LogP contribution in [0.3, 0.4) is 0 Å². The molecule has 2 aromatic heterocycles. The van der Waals surface area contributed by atoms with Gasteiger partial charge < -0.3 is 14.2 Å². The van der Waals surface area contributed by atoms with Crippen molar-refractivity contribution in [1.82, 2.24) is 0 Å². The van der Waals surface area contributed by atoms with E-state index in [0.29, 0.717) is 41.8 Å². The number of rotatable bonds is 8. The number of hydrogen-bond acceptors (Lipinski definition) is 11. The topological polar surface area (TPSA) is 130 Å².